The number of aromatic nitrogens is 2. The average molecular weight is 307 g/mol. The molecule has 0 aliphatic heterocycles. The van der Waals surface area contributed by atoms with Gasteiger partial charge in [-0.1, -0.05) is 19.1 Å². The largest absolute Gasteiger partial charge is 0.357 e. The number of rotatable bonds is 4. The van der Waals surface area contributed by atoms with Crippen LogP contribution in [-0.2, 0) is 6.42 Å². The topological polar surface area (TPSA) is 49.8 Å². The van der Waals surface area contributed by atoms with Gasteiger partial charge in [0.1, 0.15) is 5.82 Å². The quantitative estimate of drug-likeness (QED) is 0.906. The third-order valence-corrected chi connectivity index (χ3v) is 3.15. The molecule has 5 heteroatoms. The summed E-state index contributed by atoms with van der Waals surface area (Å²) in [4.78, 5) is 8.49. The molecular weight excluding hydrogens is 292 g/mol. The third kappa shape index (κ3) is 2.98. The smallest absolute Gasteiger partial charge is 0.224 e. The minimum absolute atomic E-state index is 0.590. The molecule has 0 aliphatic carbocycles. The molecule has 94 valence electrons. The average Bonchev–Trinajstić information content (AvgIpc) is 2.41. The fourth-order valence-electron chi connectivity index (χ4n) is 1.58. The van der Waals surface area contributed by atoms with Crippen LogP contribution in [0.5, 0.6) is 0 Å². The minimum atomic E-state index is 0.590. The number of nitrogens with one attached hydrogen (secondary N) is 2. The number of aryl methyl sites for hydroxylation is 1. The molecule has 2 N–H and O–H groups in total. The van der Waals surface area contributed by atoms with Gasteiger partial charge < -0.3 is 10.6 Å². The van der Waals surface area contributed by atoms with Crippen molar-refractivity contribution >= 4 is 33.4 Å². The Kier molecular flexibility index (Phi) is 4.15. The summed E-state index contributed by atoms with van der Waals surface area (Å²) in [6.07, 6.45) is 2.74. The van der Waals surface area contributed by atoms with E-state index in [2.05, 4.69) is 55.6 Å². The van der Waals surface area contributed by atoms with Gasteiger partial charge in [-0.25, -0.2) is 4.98 Å². The fourth-order valence-corrected chi connectivity index (χ4v) is 1.87. The van der Waals surface area contributed by atoms with Gasteiger partial charge in [0, 0.05) is 18.9 Å². The molecule has 0 fully saturated rings. The Morgan fingerprint density at radius 2 is 2.17 bits per heavy atom. The van der Waals surface area contributed by atoms with Gasteiger partial charge in [0.25, 0.3) is 0 Å². The van der Waals surface area contributed by atoms with Crippen molar-refractivity contribution in [1.29, 1.82) is 0 Å². The zero-order valence-electron chi connectivity index (χ0n) is 10.4. The van der Waals surface area contributed by atoms with Crippen LogP contribution in [-0.4, -0.2) is 17.0 Å². The predicted molar refractivity (Wildman–Crippen MR) is 78.4 cm³/mol. The number of halogens is 1. The van der Waals surface area contributed by atoms with E-state index in [0.29, 0.717) is 5.95 Å². The van der Waals surface area contributed by atoms with E-state index in [4.69, 9.17) is 0 Å². The lowest BCUT2D eigenvalue weighted by Gasteiger charge is -2.09. The van der Waals surface area contributed by atoms with Gasteiger partial charge in [-0.05, 0) is 40.0 Å². The van der Waals surface area contributed by atoms with Crippen LogP contribution >= 0.6 is 15.9 Å². The van der Waals surface area contributed by atoms with Crippen molar-refractivity contribution in [1.82, 2.24) is 9.97 Å². The third-order valence-electron chi connectivity index (χ3n) is 2.57. The second-order valence-electron chi connectivity index (χ2n) is 3.82. The highest BCUT2D eigenvalue weighted by molar-refractivity contribution is 9.10. The highest BCUT2D eigenvalue weighted by Crippen LogP contribution is 2.24. The van der Waals surface area contributed by atoms with Crippen LogP contribution in [0.2, 0.25) is 0 Å². The van der Waals surface area contributed by atoms with Gasteiger partial charge in [0.05, 0.1) is 4.47 Å². The molecule has 1 heterocycles. The van der Waals surface area contributed by atoms with Crippen molar-refractivity contribution in [3.63, 3.8) is 0 Å². The van der Waals surface area contributed by atoms with Gasteiger partial charge in [-0.2, -0.15) is 4.98 Å². The molecule has 0 saturated heterocycles. The molecule has 0 amide bonds. The van der Waals surface area contributed by atoms with Crippen molar-refractivity contribution in [2.75, 3.05) is 17.7 Å². The first kappa shape index (κ1) is 12.8. The Balaban J connectivity index is 2.27. The molecule has 0 radical (unpaired) electrons. The van der Waals surface area contributed by atoms with E-state index in [1.165, 1.54) is 5.56 Å². The van der Waals surface area contributed by atoms with Crippen LogP contribution in [0.4, 0.5) is 17.5 Å². The summed E-state index contributed by atoms with van der Waals surface area (Å²) in [6, 6.07) is 8.29. The van der Waals surface area contributed by atoms with Gasteiger partial charge >= 0.3 is 0 Å². The summed E-state index contributed by atoms with van der Waals surface area (Å²) < 4.78 is 0.836. The summed E-state index contributed by atoms with van der Waals surface area (Å²) in [6.45, 7) is 2.14. The fraction of sp³-hybridized carbons (Fsp3) is 0.231. The molecule has 1 aromatic heterocycles. The summed E-state index contributed by atoms with van der Waals surface area (Å²) in [7, 11) is 1.80. The summed E-state index contributed by atoms with van der Waals surface area (Å²) in [5, 5.41) is 6.20. The van der Waals surface area contributed by atoms with E-state index in [9.17, 15) is 0 Å². The SMILES string of the molecule is CCc1cccc(Nc2nc(NC)ncc2Br)c1. The predicted octanol–water partition coefficient (Wildman–Crippen LogP) is 3.59. The second kappa shape index (κ2) is 5.82. The van der Waals surface area contributed by atoms with E-state index in [0.717, 1.165) is 22.4 Å². The van der Waals surface area contributed by atoms with Crippen LogP contribution < -0.4 is 10.6 Å². The van der Waals surface area contributed by atoms with E-state index < -0.39 is 0 Å². The molecule has 0 atom stereocenters. The number of nitrogens with zero attached hydrogens (tertiary/aromatic N) is 2. The van der Waals surface area contributed by atoms with Gasteiger partial charge in [0.2, 0.25) is 5.95 Å². The maximum Gasteiger partial charge on any atom is 0.224 e. The molecule has 0 aliphatic rings. The monoisotopic (exact) mass is 306 g/mol. The molecule has 0 saturated carbocycles. The molecule has 2 aromatic rings. The minimum Gasteiger partial charge on any atom is -0.357 e. The van der Waals surface area contributed by atoms with Crippen LogP contribution in [0, 0.1) is 0 Å². The van der Waals surface area contributed by atoms with Crippen molar-refractivity contribution in [3.8, 4) is 0 Å². The Bertz CT molecular complexity index is 542. The molecule has 18 heavy (non-hydrogen) atoms. The second-order valence-corrected chi connectivity index (χ2v) is 4.67. The molecule has 0 unspecified atom stereocenters. The standard InChI is InChI=1S/C13H15BrN4/c1-3-9-5-4-6-10(7-9)17-12-11(14)8-16-13(15-2)18-12/h4-8H,3H2,1-2H3,(H2,15,16,17,18). The zero-order valence-corrected chi connectivity index (χ0v) is 12.0. The highest BCUT2D eigenvalue weighted by Gasteiger charge is 2.04. The van der Waals surface area contributed by atoms with E-state index in [1.54, 1.807) is 13.2 Å². The Morgan fingerprint density at radius 1 is 1.33 bits per heavy atom. The number of anilines is 3. The first-order chi connectivity index (χ1) is 8.72. The molecule has 0 spiro atoms. The van der Waals surface area contributed by atoms with E-state index in [-0.39, 0.29) is 0 Å². The maximum absolute atomic E-state index is 4.36. The lowest BCUT2D eigenvalue weighted by atomic mass is 10.1. The van der Waals surface area contributed by atoms with E-state index in [1.807, 2.05) is 12.1 Å². The van der Waals surface area contributed by atoms with Gasteiger partial charge in [-0.3, -0.25) is 0 Å². The van der Waals surface area contributed by atoms with Crippen molar-refractivity contribution in [2.24, 2.45) is 0 Å². The summed E-state index contributed by atoms with van der Waals surface area (Å²) in [5.41, 5.74) is 2.31. The summed E-state index contributed by atoms with van der Waals surface area (Å²) >= 11 is 3.44. The Labute approximate surface area is 115 Å². The number of hydrogen-bond acceptors (Lipinski definition) is 4. The normalized spacial score (nSPS) is 10.2. The van der Waals surface area contributed by atoms with Crippen molar-refractivity contribution in [3.05, 3.63) is 40.5 Å². The van der Waals surface area contributed by atoms with Crippen LogP contribution in [0.25, 0.3) is 0 Å². The van der Waals surface area contributed by atoms with E-state index >= 15 is 0 Å². The van der Waals surface area contributed by atoms with Gasteiger partial charge in [0.15, 0.2) is 0 Å². The molecule has 1 aromatic carbocycles. The maximum atomic E-state index is 4.36. The molecular formula is C13H15BrN4. The molecule has 2 rings (SSSR count). The van der Waals surface area contributed by atoms with Crippen molar-refractivity contribution < 1.29 is 0 Å². The van der Waals surface area contributed by atoms with Crippen molar-refractivity contribution in [2.45, 2.75) is 13.3 Å². The highest BCUT2D eigenvalue weighted by atomic mass is 79.9. The summed E-state index contributed by atoms with van der Waals surface area (Å²) in [5.74, 6) is 1.34. The van der Waals surface area contributed by atoms with Crippen LogP contribution in [0.1, 0.15) is 12.5 Å². The first-order valence-electron chi connectivity index (χ1n) is 5.79. The van der Waals surface area contributed by atoms with Gasteiger partial charge in [-0.15, -0.1) is 0 Å². The number of benzene rings is 1. The molecule has 0 bridgehead atoms. The number of hydrogen-bond donors (Lipinski definition) is 2. The lowest BCUT2D eigenvalue weighted by molar-refractivity contribution is 1.13. The zero-order chi connectivity index (χ0) is 13.0. The van der Waals surface area contributed by atoms with Crippen LogP contribution in [0.3, 0.4) is 0 Å². The Hall–Kier alpha value is -1.62. The Morgan fingerprint density at radius 3 is 2.89 bits per heavy atom. The van der Waals surface area contributed by atoms with Crippen LogP contribution in [0.15, 0.2) is 34.9 Å². The lowest BCUT2D eigenvalue weighted by Crippen LogP contribution is -2.01. The molecule has 4 nitrogen and oxygen atoms in total. The first-order valence-corrected chi connectivity index (χ1v) is 6.58.